The van der Waals surface area contributed by atoms with Gasteiger partial charge in [-0.2, -0.15) is 5.26 Å². The smallest absolute Gasteiger partial charge is 0.238 e. The number of halogens is 1. The molecule has 6 heteroatoms. The number of piperidine rings is 1. The standard InChI is InChI=1S/C15H18ClN3OS/c1-21-15(11-17)6-8-19(9-7-15)10-14(20)18-13-4-2-12(16)3-5-13/h2-5H,6-10H2,1H3,(H,18,20). The highest BCUT2D eigenvalue weighted by molar-refractivity contribution is 8.00. The molecule has 1 fully saturated rings. The average Bonchev–Trinajstić information content (AvgIpc) is 2.51. The molecule has 1 amide bonds. The molecule has 0 atom stereocenters. The minimum atomic E-state index is -0.275. The van der Waals surface area contributed by atoms with Gasteiger partial charge in [-0.3, -0.25) is 9.69 Å². The van der Waals surface area contributed by atoms with Crippen molar-refractivity contribution in [3.63, 3.8) is 0 Å². The van der Waals surface area contributed by atoms with Crippen LogP contribution >= 0.6 is 23.4 Å². The maximum atomic E-state index is 12.0. The second kappa shape index (κ2) is 7.17. The lowest BCUT2D eigenvalue weighted by atomic mass is 9.97. The summed E-state index contributed by atoms with van der Waals surface area (Å²) in [7, 11) is 0. The summed E-state index contributed by atoms with van der Waals surface area (Å²) in [6.45, 7) is 1.92. The SMILES string of the molecule is CSC1(C#N)CCN(CC(=O)Nc2ccc(Cl)cc2)CC1. The quantitative estimate of drug-likeness (QED) is 0.925. The van der Waals surface area contributed by atoms with Crippen molar-refractivity contribution in [3.05, 3.63) is 29.3 Å². The number of amides is 1. The summed E-state index contributed by atoms with van der Waals surface area (Å²) in [5.41, 5.74) is 0.747. The minimum Gasteiger partial charge on any atom is -0.325 e. The number of carbonyl (C=O) groups is 1. The van der Waals surface area contributed by atoms with Crippen LogP contribution in [0.15, 0.2) is 24.3 Å². The average molecular weight is 324 g/mol. The zero-order valence-electron chi connectivity index (χ0n) is 11.9. The first-order valence-corrected chi connectivity index (χ1v) is 8.41. The maximum absolute atomic E-state index is 12.0. The van der Waals surface area contributed by atoms with Crippen LogP contribution in [0.3, 0.4) is 0 Å². The fourth-order valence-electron chi connectivity index (χ4n) is 2.37. The highest BCUT2D eigenvalue weighted by Gasteiger charge is 2.34. The second-order valence-electron chi connectivity index (χ2n) is 5.14. The molecule has 1 aliphatic heterocycles. The monoisotopic (exact) mass is 323 g/mol. The molecule has 0 aliphatic carbocycles. The number of anilines is 1. The number of nitrogens with one attached hydrogen (secondary N) is 1. The molecule has 0 saturated carbocycles. The number of hydrogen-bond acceptors (Lipinski definition) is 4. The lowest BCUT2D eigenvalue weighted by molar-refractivity contribution is -0.117. The van der Waals surface area contributed by atoms with E-state index in [1.165, 1.54) is 0 Å². The molecule has 0 radical (unpaired) electrons. The van der Waals surface area contributed by atoms with Crippen LogP contribution in [0.25, 0.3) is 0 Å². The summed E-state index contributed by atoms with van der Waals surface area (Å²) in [5.74, 6) is -0.0362. The van der Waals surface area contributed by atoms with Crippen molar-refractivity contribution in [2.45, 2.75) is 17.6 Å². The molecular weight excluding hydrogens is 306 g/mol. The van der Waals surface area contributed by atoms with Crippen molar-refractivity contribution in [3.8, 4) is 6.07 Å². The number of thioether (sulfide) groups is 1. The number of carbonyl (C=O) groups excluding carboxylic acids is 1. The molecule has 1 aromatic rings. The lowest BCUT2D eigenvalue weighted by Crippen LogP contribution is -2.44. The van der Waals surface area contributed by atoms with E-state index in [2.05, 4.69) is 16.3 Å². The van der Waals surface area contributed by atoms with Gasteiger partial charge in [-0.1, -0.05) is 11.6 Å². The van der Waals surface area contributed by atoms with E-state index >= 15 is 0 Å². The second-order valence-corrected chi connectivity index (χ2v) is 6.77. The van der Waals surface area contributed by atoms with Gasteiger partial charge in [-0.15, -0.1) is 11.8 Å². The Labute approximate surface area is 134 Å². The topological polar surface area (TPSA) is 56.1 Å². The summed E-state index contributed by atoms with van der Waals surface area (Å²) >= 11 is 7.43. The third-order valence-corrected chi connectivity index (χ3v) is 5.29. The fraction of sp³-hybridized carbons (Fsp3) is 0.467. The summed E-state index contributed by atoms with van der Waals surface area (Å²) in [5, 5.41) is 12.8. The molecule has 1 aromatic carbocycles. The first-order valence-electron chi connectivity index (χ1n) is 6.81. The molecule has 0 aromatic heterocycles. The zero-order valence-corrected chi connectivity index (χ0v) is 13.5. The number of nitrogens with zero attached hydrogens (tertiary/aromatic N) is 2. The van der Waals surface area contributed by atoms with Crippen molar-refractivity contribution in [1.82, 2.24) is 4.90 Å². The van der Waals surface area contributed by atoms with Gasteiger partial charge in [0.25, 0.3) is 0 Å². The molecule has 21 heavy (non-hydrogen) atoms. The van der Waals surface area contributed by atoms with Gasteiger partial charge in [0.2, 0.25) is 5.91 Å². The molecular formula is C15H18ClN3OS. The van der Waals surface area contributed by atoms with Crippen LogP contribution in [-0.4, -0.2) is 41.4 Å². The van der Waals surface area contributed by atoms with Crippen LogP contribution in [0.4, 0.5) is 5.69 Å². The summed E-state index contributed by atoms with van der Waals surface area (Å²) in [4.78, 5) is 14.1. The summed E-state index contributed by atoms with van der Waals surface area (Å²) < 4.78 is -0.275. The summed E-state index contributed by atoms with van der Waals surface area (Å²) in [6.07, 6.45) is 3.59. The van der Waals surface area contributed by atoms with E-state index in [-0.39, 0.29) is 10.7 Å². The molecule has 4 nitrogen and oxygen atoms in total. The van der Waals surface area contributed by atoms with E-state index in [0.717, 1.165) is 31.6 Å². The molecule has 0 unspecified atom stereocenters. The number of hydrogen-bond donors (Lipinski definition) is 1. The van der Waals surface area contributed by atoms with Gasteiger partial charge in [-0.05, 0) is 43.4 Å². The fourth-order valence-corrected chi connectivity index (χ4v) is 3.18. The van der Waals surface area contributed by atoms with E-state index in [4.69, 9.17) is 11.6 Å². The zero-order chi connectivity index (χ0) is 15.3. The molecule has 1 heterocycles. The Morgan fingerprint density at radius 1 is 1.43 bits per heavy atom. The van der Waals surface area contributed by atoms with Crippen molar-refractivity contribution >= 4 is 35.0 Å². The van der Waals surface area contributed by atoms with Crippen LogP contribution in [0, 0.1) is 11.3 Å². The van der Waals surface area contributed by atoms with Crippen LogP contribution in [-0.2, 0) is 4.79 Å². The van der Waals surface area contributed by atoms with Crippen molar-refractivity contribution in [2.24, 2.45) is 0 Å². The summed E-state index contributed by atoms with van der Waals surface area (Å²) in [6, 6.07) is 9.47. The van der Waals surface area contributed by atoms with Crippen LogP contribution in [0.5, 0.6) is 0 Å². The van der Waals surface area contributed by atoms with E-state index in [1.54, 1.807) is 36.0 Å². The van der Waals surface area contributed by atoms with Gasteiger partial charge in [0.1, 0.15) is 4.75 Å². The van der Waals surface area contributed by atoms with Gasteiger partial charge >= 0.3 is 0 Å². The minimum absolute atomic E-state index is 0.0362. The molecule has 1 aliphatic rings. The first kappa shape index (κ1) is 16.2. The molecule has 112 valence electrons. The Bertz CT molecular complexity index is 533. The van der Waals surface area contributed by atoms with Gasteiger partial charge in [0, 0.05) is 23.8 Å². The number of rotatable bonds is 4. The maximum Gasteiger partial charge on any atom is 0.238 e. The number of benzene rings is 1. The van der Waals surface area contributed by atoms with Crippen LogP contribution < -0.4 is 5.32 Å². The Morgan fingerprint density at radius 3 is 2.57 bits per heavy atom. The van der Waals surface area contributed by atoms with E-state index in [0.29, 0.717) is 11.6 Å². The first-order chi connectivity index (χ1) is 10.1. The molecule has 2 rings (SSSR count). The Balaban J connectivity index is 1.82. The van der Waals surface area contributed by atoms with E-state index < -0.39 is 0 Å². The van der Waals surface area contributed by atoms with E-state index in [1.807, 2.05) is 6.26 Å². The Morgan fingerprint density at radius 2 is 2.05 bits per heavy atom. The van der Waals surface area contributed by atoms with Gasteiger partial charge in [0.15, 0.2) is 0 Å². The third kappa shape index (κ3) is 4.37. The van der Waals surface area contributed by atoms with Gasteiger partial charge in [0.05, 0.1) is 12.6 Å². The van der Waals surface area contributed by atoms with Crippen molar-refractivity contribution in [2.75, 3.05) is 31.2 Å². The largest absolute Gasteiger partial charge is 0.325 e. The van der Waals surface area contributed by atoms with Crippen molar-refractivity contribution in [1.29, 1.82) is 5.26 Å². The highest BCUT2D eigenvalue weighted by atomic mass is 35.5. The molecule has 0 bridgehead atoms. The van der Waals surface area contributed by atoms with Gasteiger partial charge in [-0.25, -0.2) is 0 Å². The Kier molecular flexibility index (Phi) is 5.51. The van der Waals surface area contributed by atoms with Crippen LogP contribution in [0.1, 0.15) is 12.8 Å². The predicted octanol–water partition coefficient (Wildman–Crippen LogP) is 3.00. The van der Waals surface area contributed by atoms with Crippen LogP contribution in [0.2, 0.25) is 5.02 Å². The molecule has 1 N–H and O–H groups in total. The van der Waals surface area contributed by atoms with Crippen molar-refractivity contribution < 1.29 is 4.79 Å². The highest BCUT2D eigenvalue weighted by Crippen LogP contribution is 2.33. The Hall–Kier alpha value is -1.22. The van der Waals surface area contributed by atoms with Gasteiger partial charge < -0.3 is 5.32 Å². The molecule has 0 spiro atoms. The normalized spacial score (nSPS) is 18.0. The molecule has 1 saturated heterocycles. The lowest BCUT2D eigenvalue weighted by Gasteiger charge is -2.35. The number of nitriles is 1. The van der Waals surface area contributed by atoms with E-state index in [9.17, 15) is 10.1 Å². The predicted molar refractivity (Wildman–Crippen MR) is 87.6 cm³/mol. The third-order valence-electron chi connectivity index (χ3n) is 3.75. The number of likely N-dealkylation sites (tertiary alicyclic amines) is 1.